The Bertz CT molecular complexity index is 805. The second-order valence-electron chi connectivity index (χ2n) is 6.57. The Morgan fingerprint density at radius 3 is 2.56 bits per heavy atom. The molecular formula is C20H23BrN4O2. The van der Waals surface area contributed by atoms with Crippen molar-refractivity contribution in [2.24, 2.45) is 0 Å². The Hall–Kier alpha value is -2.41. The van der Waals surface area contributed by atoms with E-state index in [4.69, 9.17) is 0 Å². The molecule has 0 bridgehead atoms. The summed E-state index contributed by atoms with van der Waals surface area (Å²) in [5, 5.41) is 2.85. The van der Waals surface area contributed by atoms with Gasteiger partial charge in [0.15, 0.2) is 0 Å². The zero-order chi connectivity index (χ0) is 19.2. The fourth-order valence-corrected chi connectivity index (χ4v) is 3.30. The van der Waals surface area contributed by atoms with E-state index in [1.807, 2.05) is 48.2 Å². The Balaban J connectivity index is 1.43. The van der Waals surface area contributed by atoms with Crippen LogP contribution in [0.1, 0.15) is 18.4 Å². The zero-order valence-electron chi connectivity index (χ0n) is 15.3. The molecule has 1 saturated heterocycles. The number of carbonyl (C=O) groups is 2. The first-order chi connectivity index (χ1) is 13.0. The van der Waals surface area contributed by atoms with Crippen molar-refractivity contribution in [2.75, 3.05) is 36.4 Å². The average Bonchev–Trinajstić information content (AvgIpc) is 2.70. The number of amides is 2. The average molecular weight is 431 g/mol. The van der Waals surface area contributed by atoms with Crippen molar-refractivity contribution in [1.82, 2.24) is 9.88 Å². The number of nitrogens with zero attached hydrogens (tertiary/aromatic N) is 3. The summed E-state index contributed by atoms with van der Waals surface area (Å²) in [6.45, 7) is 4.79. The summed E-state index contributed by atoms with van der Waals surface area (Å²) in [6.07, 6.45) is 2.19. The van der Waals surface area contributed by atoms with Crippen molar-refractivity contribution in [3.05, 3.63) is 52.6 Å². The standard InChI is InChI=1S/C20H23BrN4O2/c1-15-14-16(5-6-17(15)21)23-19(26)7-8-20(27)25-12-10-24(11-13-25)18-4-2-3-9-22-18/h2-6,9,14H,7-8,10-13H2,1H3,(H,23,26). The minimum absolute atomic E-state index is 0.0257. The van der Waals surface area contributed by atoms with Crippen LogP contribution in [0.25, 0.3) is 0 Å². The second kappa shape index (κ2) is 8.99. The molecule has 2 heterocycles. The lowest BCUT2D eigenvalue weighted by Gasteiger charge is -2.35. The zero-order valence-corrected chi connectivity index (χ0v) is 16.9. The molecule has 1 aliphatic heterocycles. The number of piperazine rings is 1. The van der Waals surface area contributed by atoms with Crippen molar-refractivity contribution in [3.8, 4) is 0 Å². The van der Waals surface area contributed by atoms with Gasteiger partial charge in [-0.05, 0) is 42.8 Å². The van der Waals surface area contributed by atoms with Crippen LogP contribution < -0.4 is 10.2 Å². The maximum absolute atomic E-state index is 12.4. The van der Waals surface area contributed by atoms with E-state index in [-0.39, 0.29) is 24.7 Å². The van der Waals surface area contributed by atoms with E-state index < -0.39 is 0 Å². The molecule has 0 spiro atoms. The van der Waals surface area contributed by atoms with E-state index in [0.717, 1.165) is 34.6 Å². The lowest BCUT2D eigenvalue weighted by molar-refractivity contribution is -0.133. The number of halogens is 1. The van der Waals surface area contributed by atoms with Gasteiger partial charge in [-0.3, -0.25) is 9.59 Å². The maximum Gasteiger partial charge on any atom is 0.224 e. The fourth-order valence-electron chi connectivity index (χ4n) is 3.05. The lowest BCUT2D eigenvalue weighted by Crippen LogP contribution is -2.49. The van der Waals surface area contributed by atoms with Crippen LogP contribution in [0.15, 0.2) is 47.1 Å². The van der Waals surface area contributed by atoms with Gasteiger partial charge in [0.05, 0.1) is 0 Å². The first-order valence-corrected chi connectivity index (χ1v) is 9.82. The molecule has 0 radical (unpaired) electrons. The first kappa shape index (κ1) is 19.4. The van der Waals surface area contributed by atoms with Crippen LogP contribution in [0, 0.1) is 6.92 Å². The number of pyridine rings is 1. The van der Waals surface area contributed by atoms with Gasteiger partial charge in [-0.15, -0.1) is 0 Å². The van der Waals surface area contributed by atoms with Crippen LogP contribution in [-0.4, -0.2) is 47.9 Å². The third kappa shape index (κ3) is 5.29. The minimum atomic E-state index is -0.141. The van der Waals surface area contributed by atoms with Crippen LogP contribution in [0.2, 0.25) is 0 Å². The van der Waals surface area contributed by atoms with Crippen molar-refractivity contribution in [2.45, 2.75) is 19.8 Å². The summed E-state index contributed by atoms with van der Waals surface area (Å²) in [7, 11) is 0. The second-order valence-corrected chi connectivity index (χ2v) is 7.42. The predicted octanol–water partition coefficient (Wildman–Crippen LogP) is 3.22. The topological polar surface area (TPSA) is 65.5 Å². The summed E-state index contributed by atoms with van der Waals surface area (Å²) in [6, 6.07) is 11.5. The van der Waals surface area contributed by atoms with E-state index in [2.05, 4.69) is 31.1 Å². The van der Waals surface area contributed by atoms with Crippen molar-refractivity contribution < 1.29 is 9.59 Å². The van der Waals surface area contributed by atoms with Gasteiger partial charge in [0.2, 0.25) is 11.8 Å². The highest BCUT2D eigenvalue weighted by Gasteiger charge is 2.22. The molecule has 1 aromatic heterocycles. The number of anilines is 2. The lowest BCUT2D eigenvalue weighted by atomic mass is 10.2. The number of hydrogen-bond acceptors (Lipinski definition) is 4. The highest BCUT2D eigenvalue weighted by molar-refractivity contribution is 9.10. The molecule has 0 aliphatic carbocycles. The molecule has 27 heavy (non-hydrogen) atoms. The fraction of sp³-hybridized carbons (Fsp3) is 0.350. The van der Waals surface area contributed by atoms with Gasteiger partial charge in [-0.1, -0.05) is 22.0 Å². The third-order valence-corrected chi connectivity index (χ3v) is 5.50. The monoisotopic (exact) mass is 430 g/mol. The van der Waals surface area contributed by atoms with Crippen LogP contribution >= 0.6 is 15.9 Å². The van der Waals surface area contributed by atoms with E-state index in [9.17, 15) is 9.59 Å². The Morgan fingerprint density at radius 2 is 1.89 bits per heavy atom. The van der Waals surface area contributed by atoms with Gasteiger partial charge < -0.3 is 15.1 Å². The normalized spacial score (nSPS) is 14.1. The molecule has 142 valence electrons. The highest BCUT2D eigenvalue weighted by Crippen LogP contribution is 2.20. The third-order valence-electron chi connectivity index (χ3n) is 4.61. The van der Waals surface area contributed by atoms with E-state index in [1.54, 1.807) is 6.20 Å². The Morgan fingerprint density at radius 1 is 1.11 bits per heavy atom. The molecule has 1 fully saturated rings. The number of rotatable bonds is 5. The molecule has 0 unspecified atom stereocenters. The van der Waals surface area contributed by atoms with Crippen LogP contribution in [0.4, 0.5) is 11.5 Å². The number of hydrogen-bond donors (Lipinski definition) is 1. The van der Waals surface area contributed by atoms with E-state index in [0.29, 0.717) is 13.1 Å². The summed E-state index contributed by atoms with van der Waals surface area (Å²) in [4.78, 5) is 32.9. The molecule has 6 nitrogen and oxygen atoms in total. The van der Waals surface area contributed by atoms with Gasteiger partial charge in [0, 0.05) is 55.4 Å². The molecule has 0 atom stereocenters. The SMILES string of the molecule is Cc1cc(NC(=O)CCC(=O)N2CCN(c3ccccn3)CC2)ccc1Br. The molecule has 1 aromatic carbocycles. The number of carbonyl (C=O) groups excluding carboxylic acids is 2. The van der Waals surface area contributed by atoms with Crippen LogP contribution in [0.5, 0.6) is 0 Å². The maximum atomic E-state index is 12.4. The Labute approximate surface area is 167 Å². The number of aryl methyl sites for hydroxylation is 1. The molecule has 0 saturated carbocycles. The number of aromatic nitrogens is 1. The van der Waals surface area contributed by atoms with Gasteiger partial charge in [-0.2, -0.15) is 0 Å². The first-order valence-electron chi connectivity index (χ1n) is 9.02. The number of benzene rings is 1. The van der Waals surface area contributed by atoms with E-state index >= 15 is 0 Å². The summed E-state index contributed by atoms with van der Waals surface area (Å²) >= 11 is 3.44. The number of nitrogens with one attached hydrogen (secondary N) is 1. The molecule has 7 heteroatoms. The molecule has 1 aliphatic rings. The molecule has 1 N–H and O–H groups in total. The van der Waals surface area contributed by atoms with Gasteiger partial charge in [0.1, 0.15) is 5.82 Å². The van der Waals surface area contributed by atoms with Gasteiger partial charge in [0.25, 0.3) is 0 Å². The van der Waals surface area contributed by atoms with Crippen LogP contribution in [0.3, 0.4) is 0 Å². The summed E-state index contributed by atoms with van der Waals surface area (Å²) in [5.74, 6) is 0.823. The molecule has 3 rings (SSSR count). The minimum Gasteiger partial charge on any atom is -0.353 e. The smallest absolute Gasteiger partial charge is 0.224 e. The van der Waals surface area contributed by atoms with Crippen molar-refractivity contribution >= 4 is 39.2 Å². The predicted molar refractivity (Wildman–Crippen MR) is 110 cm³/mol. The van der Waals surface area contributed by atoms with Crippen LogP contribution in [-0.2, 0) is 9.59 Å². The summed E-state index contributed by atoms with van der Waals surface area (Å²) in [5.41, 5.74) is 1.80. The van der Waals surface area contributed by atoms with Crippen molar-refractivity contribution in [1.29, 1.82) is 0 Å². The molecule has 2 amide bonds. The van der Waals surface area contributed by atoms with Crippen molar-refractivity contribution in [3.63, 3.8) is 0 Å². The largest absolute Gasteiger partial charge is 0.353 e. The van der Waals surface area contributed by atoms with Gasteiger partial charge >= 0.3 is 0 Å². The highest BCUT2D eigenvalue weighted by atomic mass is 79.9. The molecular weight excluding hydrogens is 408 g/mol. The molecule has 2 aromatic rings. The summed E-state index contributed by atoms with van der Waals surface area (Å²) < 4.78 is 1.00. The van der Waals surface area contributed by atoms with E-state index in [1.165, 1.54) is 0 Å². The quantitative estimate of drug-likeness (QED) is 0.790. The Kier molecular flexibility index (Phi) is 6.45. The van der Waals surface area contributed by atoms with Gasteiger partial charge in [-0.25, -0.2) is 4.98 Å².